The lowest BCUT2D eigenvalue weighted by Gasteiger charge is -2.39. The van der Waals surface area contributed by atoms with Crippen LogP contribution in [0.4, 0.5) is 10.5 Å². The molecule has 190 valence electrons. The molecule has 0 aliphatic carbocycles. The minimum Gasteiger partial charge on any atom is -0.465 e. The van der Waals surface area contributed by atoms with E-state index in [-0.39, 0.29) is 42.7 Å². The van der Waals surface area contributed by atoms with E-state index in [0.717, 1.165) is 0 Å². The van der Waals surface area contributed by atoms with Crippen molar-refractivity contribution in [1.29, 1.82) is 0 Å². The van der Waals surface area contributed by atoms with Gasteiger partial charge in [0.05, 0.1) is 18.1 Å². The number of hydrogen-bond acceptors (Lipinski definition) is 8. The van der Waals surface area contributed by atoms with Crippen LogP contribution in [0.15, 0.2) is 24.3 Å². The predicted octanol–water partition coefficient (Wildman–Crippen LogP) is 3.45. The van der Waals surface area contributed by atoms with Crippen LogP contribution in [0.1, 0.15) is 39.7 Å². The second-order valence-corrected chi connectivity index (χ2v) is 12.2. The number of nitro groups is 1. The van der Waals surface area contributed by atoms with Crippen LogP contribution >= 0.6 is 0 Å². The highest BCUT2D eigenvalue weighted by Gasteiger charge is 2.52. The third kappa shape index (κ3) is 7.50. The molecule has 11 heteroatoms. The van der Waals surface area contributed by atoms with Crippen LogP contribution < -0.4 is 5.32 Å². The molecule has 1 amide bonds. The number of carbonyl (C=O) groups is 2. The Labute approximate surface area is 202 Å². The first kappa shape index (κ1) is 27.7. The molecule has 0 radical (unpaired) electrons. The molecule has 1 aromatic rings. The highest BCUT2D eigenvalue weighted by atomic mass is 28.3. The zero-order valence-corrected chi connectivity index (χ0v) is 22.1. The molecule has 1 fully saturated rings. The summed E-state index contributed by atoms with van der Waals surface area (Å²) in [5.41, 5.74) is -0.376. The van der Waals surface area contributed by atoms with Crippen molar-refractivity contribution in [2.75, 3.05) is 26.2 Å². The molecule has 2 atom stereocenters. The third-order valence-corrected chi connectivity index (χ3v) is 6.76. The minimum atomic E-state index is -1.60. The van der Waals surface area contributed by atoms with Crippen LogP contribution in [0.5, 0.6) is 0 Å². The molecule has 1 aromatic carbocycles. The number of rotatable bonds is 10. The SMILES string of the molecule is CCOC(=O)CNC[C@@]1(O[SiH](C)C)C[C@H](C(C)(C)C)CN1C(=O)OCc1ccc([N+](=O)[O-])cc1. The first-order valence-electron chi connectivity index (χ1n) is 11.6. The van der Waals surface area contributed by atoms with Crippen molar-refractivity contribution in [2.45, 2.75) is 59.5 Å². The number of nitrogens with zero attached hydrogens (tertiary/aromatic N) is 2. The van der Waals surface area contributed by atoms with Gasteiger partial charge < -0.3 is 19.2 Å². The lowest BCUT2D eigenvalue weighted by Crippen LogP contribution is -2.57. The topological polar surface area (TPSA) is 120 Å². The molecule has 1 N–H and O–H groups in total. The maximum absolute atomic E-state index is 13.3. The van der Waals surface area contributed by atoms with E-state index in [4.69, 9.17) is 13.9 Å². The van der Waals surface area contributed by atoms with Crippen molar-refractivity contribution in [2.24, 2.45) is 11.3 Å². The van der Waals surface area contributed by atoms with Gasteiger partial charge in [-0.3, -0.25) is 19.8 Å². The average molecular weight is 496 g/mol. The second-order valence-electron chi connectivity index (χ2n) is 9.88. The molecule has 0 bridgehead atoms. The molecule has 1 aliphatic heterocycles. The number of benzene rings is 1. The lowest BCUT2D eigenvalue weighted by atomic mass is 9.79. The van der Waals surface area contributed by atoms with Gasteiger partial charge in [0.2, 0.25) is 0 Å². The monoisotopic (exact) mass is 495 g/mol. The Hall–Kier alpha value is -2.50. The van der Waals surface area contributed by atoms with Crippen LogP contribution in [-0.2, 0) is 25.3 Å². The Morgan fingerprint density at radius 3 is 2.41 bits per heavy atom. The smallest absolute Gasteiger partial charge is 0.412 e. The van der Waals surface area contributed by atoms with E-state index < -0.39 is 25.8 Å². The first-order chi connectivity index (χ1) is 15.9. The van der Waals surface area contributed by atoms with Crippen LogP contribution in [0.25, 0.3) is 0 Å². The molecule has 1 aliphatic rings. The number of non-ortho nitro benzene ring substituents is 1. The summed E-state index contributed by atoms with van der Waals surface area (Å²) in [7, 11) is -1.60. The Balaban J connectivity index is 2.20. The van der Waals surface area contributed by atoms with Crippen LogP contribution in [0, 0.1) is 21.4 Å². The molecular weight excluding hydrogens is 458 g/mol. The van der Waals surface area contributed by atoms with E-state index >= 15 is 0 Å². The molecule has 0 spiro atoms. The van der Waals surface area contributed by atoms with E-state index in [1.165, 1.54) is 12.1 Å². The van der Waals surface area contributed by atoms with E-state index in [0.29, 0.717) is 25.1 Å². The summed E-state index contributed by atoms with van der Waals surface area (Å²) in [6.45, 7) is 13.3. The number of nitrogens with one attached hydrogen (secondary N) is 1. The van der Waals surface area contributed by atoms with Crippen molar-refractivity contribution >= 4 is 26.8 Å². The summed E-state index contributed by atoms with van der Waals surface area (Å²) < 4.78 is 17.1. The van der Waals surface area contributed by atoms with Crippen LogP contribution in [0.2, 0.25) is 13.1 Å². The number of nitro benzene ring substituents is 1. The Bertz CT molecular complexity index is 857. The molecule has 10 nitrogen and oxygen atoms in total. The Kier molecular flexibility index (Phi) is 9.60. The van der Waals surface area contributed by atoms with E-state index in [9.17, 15) is 19.7 Å². The fraction of sp³-hybridized carbons (Fsp3) is 0.652. The number of amides is 1. The van der Waals surface area contributed by atoms with Crippen molar-refractivity contribution < 1.29 is 28.4 Å². The molecular formula is C23H37N3O7Si. The zero-order chi connectivity index (χ0) is 25.5. The summed E-state index contributed by atoms with van der Waals surface area (Å²) in [6.07, 6.45) is 0.0992. The number of esters is 1. The molecule has 0 unspecified atom stereocenters. The molecule has 0 aromatic heterocycles. The fourth-order valence-corrected chi connectivity index (χ4v) is 5.22. The number of likely N-dealkylation sites (tertiary alicyclic amines) is 1. The summed E-state index contributed by atoms with van der Waals surface area (Å²) in [6, 6.07) is 5.90. The summed E-state index contributed by atoms with van der Waals surface area (Å²) in [5.74, 6) is -0.200. The third-order valence-electron chi connectivity index (χ3n) is 5.85. The van der Waals surface area contributed by atoms with Crippen LogP contribution in [0.3, 0.4) is 0 Å². The molecule has 34 heavy (non-hydrogen) atoms. The largest absolute Gasteiger partial charge is 0.465 e. The van der Waals surface area contributed by atoms with E-state index in [2.05, 4.69) is 26.1 Å². The highest BCUT2D eigenvalue weighted by Crippen LogP contribution is 2.43. The minimum absolute atomic E-state index is 0.0149. The number of ether oxygens (including phenoxy) is 2. The Morgan fingerprint density at radius 2 is 1.88 bits per heavy atom. The first-order valence-corrected chi connectivity index (χ1v) is 14.4. The average Bonchev–Trinajstić information content (AvgIpc) is 3.11. The zero-order valence-electron chi connectivity index (χ0n) is 21.0. The quantitative estimate of drug-likeness (QED) is 0.227. The van der Waals surface area contributed by atoms with Gasteiger partial charge in [0.1, 0.15) is 12.3 Å². The van der Waals surface area contributed by atoms with Gasteiger partial charge in [-0.25, -0.2) is 4.79 Å². The van der Waals surface area contributed by atoms with Crippen LogP contribution in [-0.4, -0.2) is 62.9 Å². The number of carbonyl (C=O) groups excluding carboxylic acids is 2. The number of hydrogen-bond donors (Lipinski definition) is 1. The van der Waals surface area contributed by atoms with E-state index in [1.807, 2.05) is 13.1 Å². The van der Waals surface area contributed by atoms with Crippen molar-refractivity contribution in [3.05, 3.63) is 39.9 Å². The fourth-order valence-electron chi connectivity index (χ4n) is 4.04. The predicted molar refractivity (Wildman–Crippen MR) is 130 cm³/mol. The van der Waals surface area contributed by atoms with Crippen molar-refractivity contribution in [3.8, 4) is 0 Å². The standard InChI is InChI=1S/C23H37N3O7Si/c1-7-31-20(27)13-24-16-23(33-34(5)6)12-18(22(2,3)4)14-25(23)21(28)32-15-17-8-10-19(11-9-17)26(29)30/h8-11,18,24,34H,7,12-16H2,1-6H3/t18-,23-/m0/s1. The lowest BCUT2D eigenvalue weighted by molar-refractivity contribution is -0.384. The van der Waals surface area contributed by atoms with Gasteiger partial charge in [-0.15, -0.1) is 0 Å². The van der Waals surface area contributed by atoms with Crippen molar-refractivity contribution in [3.63, 3.8) is 0 Å². The Morgan fingerprint density at radius 1 is 1.24 bits per heavy atom. The normalized spacial score (nSPS) is 20.4. The summed E-state index contributed by atoms with van der Waals surface area (Å²) in [5, 5.41) is 14.0. The maximum atomic E-state index is 13.3. The van der Waals surface area contributed by atoms with Gasteiger partial charge in [0.15, 0.2) is 9.04 Å². The van der Waals surface area contributed by atoms with Gasteiger partial charge in [-0.2, -0.15) is 0 Å². The summed E-state index contributed by atoms with van der Waals surface area (Å²) in [4.78, 5) is 37.1. The summed E-state index contributed by atoms with van der Waals surface area (Å²) >= 11 is 0. The highest BCUT2D eigenvalue weighted by molar-refractivity contribution is 6.48. The van der Waals surface area contributed by atoms with Gasteiger partial charge in [-0.05, 0) is 49.0 Å². The molecule has 2 rings (SSSR count). The van der Waals surface area contributed by atoms with Gasteiger partial charge in [0, 0.05) is 31.6 Å². The van der Waals surface area contributed by atoms with Gasteiger partial charge in [-0.1, -0.05) is 20.8 Å². The van der Waals surface area contributed by atoms with Gasteiger partial charge >= 0.3 is 12.1 Å². The molecule has 1 saturated heterocycles. The molecule has 0 saturated carbocycles. The van der Waals surface area contributed by atoms with E-state index in [1.54, 1.807) is 24.0 Å². The molecule has 1 heterocycles. The van der Waals surface area contributed by atoms with Crippen molar-refractivity contribution in [1.82, 2.24) is 10.2 Å². The maximum Gasteiger partial charge on any atom is 0.412 e. The second kappa shape index (κ2) is 11.8. The van der Waals surface area contributed by atoms with Gasteiger partial charge in [0.25, 0.3) is 5.69 Å².